The molecule has 0 fully saturated rings. The van der Waals surface area contributed by atoms with Gasteiger partial charge in [-0.15, -0.1) is 0 Å². The summed E-state index contributed by atoms with van der Waals surface area (Å²) in [5, 5.41) is 14.5. The van der Waals surface area contributed by atoms with Crippen molar-refractivity contribution < 1.29 is 22.9 Å². The molecule has 0 aliphatic rings. The lowest BCUT2D eigenvalue weighted by molar-refractivity contribution is -0.384. The molecule has 0 heterocycles. The molecule has 1 amide bonds. The summed E-state index contributed by atoms with van der Waals surface area (Å²) in [6, 6.07) is 9.58. The van der Waals surface area contributed by atoms with Crippen LogP contribution in [0.4, 0.5) is 5.69 Å². The van der Waals surface area contributed by atoms with Crippen LogP contribution in [0.3, 0.4) is 0 Å². The minimum atomic E-state index is -3.97. The molecule has 0 saturated heterocycles. The lowest BCUT2D eigenvalue weighted by Gasteiger charge is -2.16. The van der Waals surface area contributed by atoms with E-state index in [1.54, 1.807) is 6.07 Å². The maximum Gasteiger partial charge on any atom is 0.270 e. The normalized spacial score (nSPS) is 11.6. The molecule has 0 atom stereocenters. The molecule has 12 heteroatoms. The summed E-state index contributed by atoms with van der Waals surface area (Å²) in [4.78, 5) is 22.1. The fourth-order valence-corrected chi connectivity index (χ4v) is 3.68. The molecule has 2 aromatic carbocycles. The maximum atomic E-state index is 12.6. The molecule has 0 aliphatic heterocycles. The quantitative estimate of drug-likeness (QED) is 0.379. The van der Waals surface area contributed by atoms with Crippen LogP contribution in [0.1, 0.15) is 5.56 Å². The molecular formula is C17H17ClN4O6S. The molecule has 29 heavy (non-hydrogen) atoms. The monoisotopic (exact) mass is 440 g/mol. The van der Waals surface area contributed by atoms with E-state index in [4.69, 9.17) is 16.3 Å². The number of nitrogens with one attached hydrogen (secondary N) is 1. The Kier molecular flexibility index (Phi) is 7.26. The van der Waals surface area contributed by atoms with Crippen molar-refractivity contribution in [2.75, 3.05) is 20.7 Å². The number of non-ortho nitro benzene ring substituents is 1. The van der Waals surface area contributed by atoms with Crippen molar-refractivity contribution in [3.05, 3.63) is 63.2 Å². The Hall–Kier alpha value is -3.02. The number of hydrazone groups is 1. The highest BCUT2D eigenvalue weighted by atomic mass is 35.5. The summed E-state index contributed by atoms with van der Waals surface area (Å²) in [6.07, 6.45) is 1.21. The van der Waals surface area contributed by atoms with Crippen LogP contribution in [0.15, 0.2) is 52.5 Å². The number of carbonyl (C=O) groups excluding carboxylic acids is 1. The van der Waals surface area contributed by atoms with Gasteiger partial charge >= 0.3 is 0 Å². The van der Waals surface area contributed by atoms with Crippen molar-refractivity contribution in [3.8, 4) is 5.75 Å². The van der Waals surface area contributed by atoms with E-state index in [0.29, 0.717) is 11.3 Å². The van der Waals surface area contributed by atoms with Gasteiger partial charge in [0.25, 0.3) is 11.6 Å². The van der Waals surface area contributed by atoms with E-state index in [2.05, 4.69) is 10.5 Å². The van der Waals surface area contributed by atoms with E-state index in [0.717, 1.165) is 4.31 Å². The molecule has 0 bridgehead atoms. The summed E-state index contributed by atoms with van der Waals surface area (Å²) in [5.41, 5.74) is 2.45. The predicted octanol–water partition coefficient (Wildman–Crippen LogP) is 2.03. The highest BCUT2D eigenvalue weighted by molar-refractivity contribution is 7.89. The lowest BCUT2D eigenvalue weighted by atomic mass is 10.2. The number of nitrogens with zero attached hydrogens (tertiary/aromatic N) is 3. The third-order valence-corrected chi connectivity index (χ3v) is 5.78. The molecule has 1 N–H and O–H groups in total. The number of nitro groups is 1. The van der Waals surface area contributed by atoms with Gasteiger partial charge in [0.15, 0.2) is 0 Å². The standard InChI is InChI=1S/C17H17ClN4O6S/c1-21(29(26,27)14-6-7-16(28-2)15(18)9-14)11-17(23)20-19-10-12-4-3-5-13(8-12)22(24)25/h3-10H,11H2,1-2H3,(H,20,23)/b19-10-. The van der Waals surface area contributed by atoms with E-state index in [1.807, 2.05) is 0 Å². The van der Waals surface area contributed by atoms with Gasteiger partial charge in [-0.05, 0) is 18.2 Å². The number of likely N-dealkylation sites (N-methyl/N-ethyl adjacent to an activating group) is 1. The predicted molar refractivity (Wildman–Crippen MR) is 107 cm³/mol. The number of amides is 1. The van der Waals surface area contributed by atoms with Gasteiger partial charge in [-0.25, -0.2) is 13.8 Å². The second kappa shape index (κ2) is 9.45. The third-order valence-electron chi connectivity index (χ3n) is 3.68. The summed E-state index contributed by atoms with van der Waals surface area (Å²) in [7, 11) is -1.33. The van der Waals surface area contributed by atoms with Crippen molar-refractivity contribution in [2.45, 2.75) is 4.90 Å². The minimum Gasteiger partial charge on any atom is -0.495 e. The first-order valence-corrected chi connectivity index (χ1v) is 9.83. The maximum absolute atomic E-state index is 12.6. The average Bonchev–Trinajstić information content (AvgIpc) is 2.68. The van der Waals surface area contributed by atoms with Gasteiger partial charge in [-0.2, -0.15) is 9.41 Å². The average molecular weight is 441 g/mol. The van der Waals surface area contributed by atoms with Crippen molar-refractivity contribution >= 4 is 39.4 Å². The van der Waals surface area contributed by atoms with Crippen LogP contribution in [-0.4, -0.2) is 50.5 Å². The smallest absolute Gasteiger partial charge is 0.270 e. The summed E-state index contributed by atoms with van der Waals surface area (Å²) < 4.78 is 30.9. The van der Waals surface area contributed by atoms with Gasteiger partial charge in [0.2, 0.25) is 10.0 Å². The molecule has 0 spiro atoms. The summed E-state index contributed by atoms with van der Waals surface area (Å²) in [6.45, 7) is -0.502. The molecule has 2 aromatic rings. The molecule has 0 saturated carbocycles. The molecule has 154 valence electrons. The number of halogens is 1. The fraction of sp³-hybridized carbons (Fsp3) is 0.176. The van der Waals surface area contributed by atoms with Crippen LogP contribution in [-0.2, 0) is 14.8 Å². The van der Waals surface area contributed by atoms with Gasteiger partial charge in [0.05, 0.1) is 34.7 Å². The van der Waals surface area contributed by atoms with Crippen molar-refractivity contribution in [1.82, 2.24) is 9.73 Å². The van der Waals surface area contributed by atoms with Crippen LogP contribution < -0.4 is 10.2 Å². The molecule has 0 aromatic heterocycles. The van der Waals surface area contributed by atoms with E-state index in [1.165, 1.54) is 56.8 Å². The Labute approximate surface area is 171 Å². The van der Waals surface area contributed by atoms with Crippen molar-refractivity contribution in [1.29, 1.82) is 0 Å². The number of benzene rings is 2. The molecule has 0 unspecified atom stereocenters. The van der Waals surface area contributed by atoms with E-state index < -0.39 is 27.4 Å². The van der Waals surface area contributed by atoms with Gasteiger partial charge in [0.1, 0.15) is 5.75 Å². The number of hydrogen-bond acceptors (Lipinski definition) is 7. The third kappa shape index (κ3) is 5.73. The molecule has 0 radical (unpaired) electrons. The Morgan fingerprint density at radius 1 is 1.34 bits per heavy atom. The molecular weight excluding hydrogens is 424 g/mol. The minimum absolute atomic E-state index is 0.0984. The Morgan fingerprint density at radius 2 is 2.07 bits per heavy atom. The zero-order valence-corrected chi connectivity index (χ0v) is 17.0. The van der Waals surface area contributed by atoms with Gasteiger partial charge in [-0.1, -0.05) is 23.7 Å². The Balaban J connectivity index is 2.01. The summed E-state index contributed by atoms with van der Waals surface area (Å²) >= 11 is 5.95. The SMILES string of the molecule is COc1ccc(S(=O)(=O)N(C)CC(=O)N/N=C\c2cccc([N+](=O)[O-])c2)cc1Cl. The van der Waals surface area contributed by atoms with Crippen LogP contribution in [0.2, 0.25) is 5.02 Å². The first kappa shape index (κ1) is 22.3. The van der Waals surface area contributed by atoms with E-state index >= 15 is 0 Å². The number of methoxy groups -OCH3 is 1. The van der Waals surface area contributed by atoms with Crippen LogP contribution >= 0.6 is 11.6 Å². The van der Waals surface area contributed by atoms with E-state index in [-0.39, 0.29) is 15.6 Å². The summed E-state index contributed by atoms with van der Waals surface area (Å²) in [5.74, 6) is -0.376. The molecule has 10 nitrogen and oxygen atoms in total. The first-order valence-electron chi connectivity index (χ1n) is 8.01. The number of sulfonamides is 1. The Bertz CT molecular complexity index is 1060. The first-order chi connectivity index (χ1) is 13.6. The molecule has 2 rings (SSSR count). The largest absolute Gasteiger partial charge is 0.495 e. The van der Waals surface area contributed by atoms with Crippen LogP contribution in [0, 0.1) is 10.1 Å². The lowest BCUT2D eigenvalue weighted by Crippen LogP contribution is -2.36. The second-order valence-electron chi connectivity index (χ2n) is 5.70. The van der Waals surface area contributed by atoms with Crippen molar-refractivity contribution in [2.24, 2.45) is 5.10 Å². The number of rotatable bonds is 8. The topological polar surface area (TPSA) is 131 Å². The second-order valence-corrected chi connectivity index (χ2v) is 8.15. The highest BCUT2D eigenvalue weighted by Gasteiger charge is 2.23. The number of nitro benzene ring substituents is 1. The number of ether oxygens (including phenoxy) is 1. The molecule has 0 aliphatic carbocycles. The van der Waals surface area contributed by atoms with Crippen molar-refractivity contribution in [3.63, 3.8) is 0 Å². The van der Waals surface area contributed by atoms with Gasteiger partial charge < -0.3 is 4.74 Å². The number of hydrogen-bond donors (Lipinski definition) is 1. The zero-order valence-electron chi connectivity index (χ0n) is 15.4. The Morgan fingerprint density at radius 3 is 2.69 bits per heavy atom. The van der Waals surface area contributed by atoms with Gasteiger partial charge in [-0.3, -0.25) is 14.9 Å². The van der Waals surface area contributed by atoms with Crippen LogP contribution in [0.25, 0.3) is 0 Å². The zero-order chi connectivity index (χ0) is 21.6. The number of carbonyl (C=O) groups is 1. The highest BCUT2D eigenvalue weighted by Crippen LogP contribution is 2.28. The van der Waals surface area contributed by atoms with Gasteiger partial charge in [0, 0.05) is 24.7 Å². The fourth-order valence-electron chi connectivity index (χ4n) is 2.21. The van der Waals surface area contributed by atoms with E-state index in [9.17, 15) is 23.3 Å². The van der Waals surface area contributed by atoms with Crippen LogP contribution in [0.5, 0.6) is 5.75 Å².